The molecule has 182 valence electrons. The van der Waals surface area contributed by atoms with Crippen LogP contribution in [0.5, 0.6) is 0 Å². The van der Waals surface area contributed by atoms with Crippen molar-refractivity contribution in [2.45, 2.75) is 37.8 Å². The number of anilines is 1. The number of benzene rings is 2. The van der Waals surface area contributed by atoms with Crippen molar-refractivity contribution in [2.75, 3.05) is 25.4 Å². The third-order valence-electron chi connectivity index (χ3n) is 6.82. The summed E-state index contributed by atoms with van der Waals surface area (Å²) in [6.45, 7) is 0.480. The van der Waals surface area contributed by atoms with Crippen molar-refractivity contribution < 1.29 is 13.6 Å². The van der Waals surface area contributed by atoms with Crippen LogP contribution in [0.4, 0.5) is 19.5 Å². The molecule has 0 saturated carbocycles. The highest BCUT2D eigenvalue weighted by Crippen LogP contribution is 2.30. The Kier molecular flexibility index (Phi) is 6.00. The summed E-state index contributed by atoms with van der Waals surface area (Å²) in [5.41, 5.74) is 8.95. The van der Waals surface area contributed by atoms with Crippen LogP contribution in [0.3, 0.4) is 0 Å². The lowest BCUT2D eigenvalue weighted by Gasteiger charge is -2.37. The Balaban J connectivity index is 1.47. The Morgan fingerprint density at radius 2 is 1.49 bits per heavy atom. The number of nitrogens with two attached hydrogens (primary N) is 1. The molecule has 5 rings (SSSR count). The van der Waals surface area contributed by atoms with Crippen LogP contribution in [0, 0.1) is 0 Å². The van der Waals surface area contributed by atoms with Crippen LogP contribution in [-0.2, 0) is 13.0 Å². The minimum atomic E-state index is -2.72. The minimum Gasteiger partial charge on any atom is -0.369 e. The fraction of sp³-hybridized carbons (Fsp3) is 0.346. The smallest absolute Gasteiger partial charge is 0.320 e. The molecule has 2 amide bonds. The molecule has 1 saturated heterocycles. The molecule has 1 aromatic heterocycles. The Morgan fingerprint density at radius 1 is 0.914 bits per heavy atom. The second-order valence-corrected chi connectivity index (χ2v) is 9.09. The molecule has 2 aromatic carbocycles. The first-order chi connectivity index (χ1) is 16.8. The van der Waals surface area contributed by atoms with Gasteiger partial charge in [-0.2, -0.15) is 0 Å². The van der Waals surface area contributed by atoms with Crippen molar-refractivity contribution in [1.29, 1.82) is 0 Å². The van der Waals surface area contributed by atoms with Gasteiger partial charge < -0.3 is 15.5 Å². The van der Waals surface area contributed by atoms with Crippen LogP contribution in [0.15, 0.2) is 65.5 Å². The Labute approximate surface area is 201 Å². The summed E-state index contributed by atoms with van der Waals surface area (Å²) in [5.74, 6) is -2.65. The van der Waals surface area contributed by atoms with E-state index in [1.165, 1.54) is 9.47 Å². The van der Waals surface area contributed by atoms with Crippen LogP contribution in [0.1, 0.15) is 41.3 Å². The molecule has 0 unspecified atom stereocenters. The van der Waals surface area contributed by atoms with Crippen molar-refractivity contribution >= 4 is 12.0 Å². The molecule has 0 spiro atoms. The van der Waals surface area contributed by atoms with E-state index < -0.39 is 12.0 Å². The second kappa shape index (κ2) is 9.13. The van der Waals surface area contributed by atoms with Crippen molar-refractivity contribution in [2.24, 2.45) is 0 Å². The molecule has 0 radical (unpaired) electrons. The van der Waals surface area contributed by atoms with Crippen LogP contribution >= 0.6 is 0 Å². The van der Waals surface area contributed by atoms with Crippen LogP contribution in [-0.4, -0.2) is 50.9 Å². The van der Waals surface area contributed by atoms with E-state index in [0.29, 0.717) is 24.2 Å². The predicted molar refractivity (Wildman–Crippen MR) is 128 cm³/mol. The summed E-state index contributed by atoms with van der Waals surface area (Å²) >= 11 is 0. The molecular weight excluding hydrogens is 452 g/mol. The van der Waals surface area contributed by atoms with E-state index in [9.17, 15) is 18.4 Å². The first-order valence-corrected chi connectivity index (χ1v) is 11.8. The van der Waals surface area contributed by atoms with Gasteiger partial charge in [-0.05, 0) is 17.5 Å². The van der Waals surface area contributed by atoms with E-state index in [2.05, 4.69) is 4.98 Å². The van der Waals surface area contributed by atoms with Gasteiger partial charge in [0, 0.05) is 38.0 Å². The number of nitrogen functional groups attached to an aromatic ring is 1. The molecule has 1 fully saturated rings. The Bertz CT molecular complexity index is 1230. The highest BCUT2D eigenvalue weighted by Gasteiger charge is 2.38. The van der Waals surface area contributed by atoms with E-state index in [-0.39, 0.29) is 50.0 Å². The number of piperidine rings is 1. The highest BCUT2D eigenvalue weighted by molar-refractivity contribution is 5.75. The third kappa shape index (κ3) is 4.50. The number of fused-ring (bicyclic) bond motifs is 1. The average Bonchev–Trinajstić information content (AvgIpc) is 2.87. The molecule has 2 aliphatic rings. The van der Waals surface area contributed by atoms with E-state index in [1.807, 2.05) is 60.7 Å². The molecule has 3 aromatic rings. The Hall–Kier alpha value is -3.75. The summed E-state index contributed by atoms with van der Waals surface area (Å²) < 4.78 is 28.5. The maximum Gasteiger partial charge on any atom is 0.320 e. The van der Waals surface area contributed by atoms with Crippen molar-refractivity contribution in [3.63, 3.8) is 0 Å². The number of hydrogen-bond donors (Lipinski definition) is 1. The molecule has 9 heteroatoms. The standard InChI is InChI=1S/C26H27F2N5O2/c27-26(28)12-15-31(16-13-26)25(35)32-14-11-20-21(17-32)30-24(29)33(23(20)34)22(18-7-3-1-4-8-18)19-9-5-2-6-10-19/h1-10,22H,11-17H2,(H2,29,30). The maximum atomic E-state index is 13.7. The number of halogens is 2. The summed E-state index contributed by atoms with van der Waals surface area (Å²) in [6.07, 6.45) is -0.341. The number of hydrogen-bond acceptors (Lipinski definition) is 4. The zero-order valence-electron chi connectivity index (χ0n) is 19.2. The predicted octanol–water partition coefficient (Wildman–Crippen LogP) is 3.67. The zero-order chi connectivity index (χ0) is 24.6. The number of alkyl halides is 2. The molecule has 7 nitrogen and oxygen atoms in total. The topological polar surface area (TPSA) is 84.5 Å². The monoisotopic (exact) mass is 479 g/mol. The average molecular weight is 480 g/mol. The van der Waals surface area contributed by atoms with Gasteiger partial charge in [-0.15, -0.1) is 0 Å². The van der Waals surface area contributed by atoms with Crippen molar-refractivity contribution in [3.8, 4) is 0 Å². The first-order valence-electron chi connectivity index (χ1n) is 11.8. The maximum absolute atomic E-state index is 13.7. The third-order valence-corrected chi connectivity index (χ3v) is 6.82. The molecule has 35 heavy (non-hydrogen) atoms. The van der Waals surface area contributed by atoms with Crippen molar-refractivity contribution in [1.82, 2.24) is 19.4 Å². The largest absolute Gasteiger partial charge is 0.369 e. The quantitative estimate of drug-likeness (QED) is 0.621. The van der Waals surface area contributed by atoms with Gasteiger partial charge >= 0.3 is 6.03 Å². The van der Waals surface area contributed by atoms with E-state index in [4.69, 9.17) is 5.73 Å². The lowest BCUT2D eigenvalue weighted by molar-refractivity contribution is -0.0494. The van der Waals surface area contributed by atoms with Crippen LogP contribution in [0.25, 0.3) is 0 Å². The summed E-state index contributed by atoms with van der Waals surface area (Å²) in [5, 5.41) is 0. The van der Waals surface area contributed by atoms with Gasteiger partial charge in [0.15, 0.2) is 0 Å². The minimum absolute atomic E-state index is 0.0161. The molecular formula is C26H27F2N5O2. The number of carbonyl (C=O) groups is 1. The van der Waals surface area contributed by atoms with Gasteiger partial charge in [0.05, 0.1) is 18.3 Å². The molecule has 2 aliphatic heterocycles. The van der Waals surface area contributed by atoms with E-state index in [1.54, 1.807) is 4.90 Å². The van der Waals surface area contributed by atoms with Gasteiger partial charge in [0.25, 0.3) is 11.5 Å². The van der Waals surface area contributed by atoms with Crippen LogP contribution < -0.4 is 11.3 Å². The fourth-order valence-corrected chi connectivity index (χ4v) is 4.92. The molecule has 0 bridgehead atoms. The number of rotatable bonds is 3. The van der Waals surface area contributed by atoms with E-state index in [0.717, 1.165) is 11.1 Å². The van der Waals surface area contributed by atoms with Gasteiger partial charge in [-0.3, -0.25) is 9.36 Å². The normalized spacial score (nSPS) is 17.3. The molecule has 3 heterocycles. The second-order valence-electron chi connectivity index (χ2n) is 9.09. The number of likely N-dealkylation sites (tertiary alicyclic amines) is 1. The lowest BCUT2D eigenvalue weighted by Crippen LogP contribution is -2.51. The lowest BCUT2D eigenvalue weighted by atomic mass is 9.97. The van der Waals surface area contributed by atoms with Gasteiger partial charge in [-0.1, -0.05) is 60.7 Å². The number of urea groups is 1. The Morgan fingerprint density at radius 3 is 2.06 bits per heavy atom. The highest BCUT2D eigenvalue weighted by atomic mass is 19.3. The van der Waals surface area contributed by atoms with E-state index >= 15 is 0 Å². The first kappa shape index (κ1) is 23.0. The summed E-state index contributed by atoms with van der Waals surface area (Å²) in [4.78, 5) is 34.2. The number of amides is 2. The van der Waals surface area contributed by atoms with Gasteiger partial charge in [0.1, 0.15) is 0 Å². The molecule has 2 N–H and O–H groups in total. The molecule has 0 aliphatic carbocycles. The number of aromatic nitrogens is 2. The number of nitrogens with zero attached hydrogens (tertiary/aromatic N) is 4. The molecule has 0 atom stereocenters. The zero-order valence-corrected chi connectivity index (χ0v) is 19.2. The van der Waals surface area contributed by atoms with Gasteiger partial charge in [0.2, 0.25) is 5.95 Å². The van der Waals surface area contributed by atoms with Crippen molar-refractivity contribution in [3.05, 3.63) is 93.4 Å². The summed E-state index contributed by atoms with van der Waals surface area (Å²) in [7, 11) is 0. The van der Waals surface area contributed by atoms with Crippen LogP contribution in [0.2, 0.25) is 0 Å². The summed E-state index contributed by atoms with van der Waals surface area (Å²) in [6, 6.07) is 18.5. The van der Waals surface area contributed by atoms with Gasteiger partial charge in [-0.25, -0.2) is 18.6 Å². The fourth-order valence-electron chi connectivity index (χ4n) is 4.92. The number of carbonyl (C=O) groups excluding carboxylic acids is 1. The SMILES string of the molecule is Nc1nc2c(c(=O)n1C(c1ccccc1)c1ccccc1)CCN(C(=O)N1CCC(F)(F)CC1)C2.